The van der Waals surface area contributed by atoms with E-state index in [0.29, 0.717) is 0 Å². The van der Waals surface area contributed by atoms with Crippen LogP contribution in [-0.4, -0.2) is 37.4 Å². The first-order valence-corrected chi connectivity index (χ1v) is 5.63. The van der Waals surface area contributed by atoms with Crippen molar-refractivity contribution in [2.45, 2.75) is 17.3 Å². The number of aromatic nitrogens is 2. The number of methoxy groups -OCH3 is 1. The van der Waals surface area contributed by atoms with Crippen molar-refractivity contribution in [1.82, 2.24) is 9.97 Å². The van der Waals surface area contributed by atoms with Gasteiger partial charge in [0.15, 0.2) is 0 Å². The van der Waals surface area contributed by atoms with Crippen molar-refractivity contribution in [3.63, 3.8) is 0 Å². The third-order valence-corrected chi connectivity index (χ3v) is 3.64. The smallest absolute Gasteiger partial charge is 0.247 e. The van der Waals surface area contributed by atoms with Gasteiger partial charge in [-0.3, -0.25) is 0 Å². The first-order valence-electron chi connectivity index (χ1n) is 4.09. The van der Waals surface area contributed by atoms with E-state index < -0.39 is 15.1 Å². The fourth-order valence-corrected chi connectivity index (χ4v) is 2.03. The minimum Gasteiger partial charge on any atom is -0.383 e. The van der Waals surface area contributed by atoms with E-state index in [1.165, 1.54) is 19.5 Å². The van der Waals surface area contributed by atoms with Gasteiger partial charge in [-0.25, -0.2) is 18.4 Å². The molecule has 6 heteroatoms. The average Bonchev–Trinajstić information content (AvgIpc) is 2.19. The summed E-state index contributed by atoms with van der Waals surface area (Å²) in [6.45, 7) is 1.70. The van der Waals surface area contributed by atoms with Gasteiger partial charge in [0.2, 0.25) is 15.0 Å². The van der Waals surface area contributed by atoms with E-state index in [2.05, 4.69) is 9.97 Å². The van der Waals surface area contributed by atoms with Gasteiger partial charge in [-0.1, -0.05) is 0 Å². The highest BCUT2D eigenvalue weighted by molar-refractivity contribution is 7.91. The van der Waals surface area contributed by atoms with Crippen molar-refractivity contribution in [2.24, 2.45) is 0 Å². The molecule has 0 aliphatic heterocycles. The van der Waals surface area contributed by atoms with Gasteiger partial charge in [0.05, 0.1) is 11.9 Å². The molecule has 0 fully saturated rings. The second-order valence-corrected chi connectivity index (χ2v) is 5.10. The third-order valence-electron chi connectivity index (χ3n) is 1.73. The second-order valence-electron chi connectivity index (χ2n) is 2.84. The molecule has 0 bridgehead atoms. The normalized spacial score (nSPS) is 13.9. The molecule has 0 aliphatic rings. The van der Waals surface area contributed by atoms with E-state index in [4.69, 9.17) is 4.74 Å². The Hall–Kier alpha value is -1.01. The molecule has 1 rings (SSSR count). The molecule has 5 nitrogen and oxygen atoms in total. The molecule has 0 amide bonds. The molecule has 78 valence electrons. The summed E-state index contributed by atoms with van der Waals surface area (Å²) in [5, 5.41) is -0.778. The quantitative estimate of drug-likeness (QED) is 0.676. The van der Waals surface area contributed by atoms with E-state index in [1.807, 2.05) is 0 Å². The van der Waals surface area contributed by atoms with Gasteiger partial charge in [0, 0.05) is 19.5 Å². The summed E-state index contributed by atoms with van der Waals surface area (Å²) in [5.41, 5.74) is 0. The van der Waals surface area contributed by atoms with Crippen molar-refractivity contribution < 1.29 is 13.2 Å². The summed E-state index contributed by atoms with van der Waals surface area (Å²) in [6, 6.07) is 1.57. The molecule has 1 aromatic rings. The van der Waals surface area contributed by atoms with Crippen LogP contribution in [-0.2, 0) is 14.6 Å². The first kappa shape index (κ1) is 11.1. The van der Waals surface area contributed by atoms with Crippen molar-refractivity contribution in [1.29, 1.82) is 0 Å². The molecule has 1 aromatic heterocycles. The van der Waals surface area contributed by atoms with Gasteiger partial charge in [0.1, 0.15) is 0 Å². The Labute approximate surface area is 83.1 Å². The monoisotopic (exact) mass is 216 g/mol. The molecule has 0 unspecified atom stereocenters. The maximum absolute atomic E-state index is 11.7. The van der Waals surface area contributed by atoms with Crippen LogP contribution in [0.3, 0.4) is 0 Å². The molecule has 1 atom stereocenters. The van der Waals surface area contributed by atoms with Gasteiger partial charge < -0.3 is 4.74 Å². The molecule has 0 radical (unpaired) electrons. The fourth-order valence-electron chi connectivity index (χ4n) is 0.937. The Kier molecular flexibility index (Phi) is 3.54. The zero-order valence-corrected chi connectivity index (χ0v) is 8.86. The average molecular weight is 216 g/mol. The van der Waals surface area contributed by atoms with E-state index in [-0.39, 0.29) is 11.8 Å². The zero-order chi connectivity index (χ0) is 10.6. The maximum atomic E-state index is 11.7. The van der Waals surface area contributed by atoms with Crippen molar-refractivity contribution in [3.05, 3.63) is 18.5 Å². The number of rotatable bonds is 4. The van der Waals surface area contributed by atoms with Gasteiger partial charge >= 0.3 is 0 Å². The Morgan fingerprint density at radius 2 is 2.00 bits per heavy atom. The van der Waals surface area contributed by atoms with Crippen LogP contribution in [0.4, 0.5) is 0 Å². The van der Waals surface area contributed by atoms with Crippen LogP contribution in [0.2, 0.25) is 0 Å². The lowest BCUT2D eigenvalue weighted by molar-refractivity contribution is 0.200. The Morgan fingerprint density at radius 3 is 2.50 bits per heavy atom. The van der Waals surface area contributed by atoms with Crippen LogP contribution in [0, 0.1) is 0 Å². The molecule has 0 N–H and O–H groups in total. The lowest BCUT2D eigenvalue weighted by Gasteiger charge is -2.09. The molecule has 0 saturated heterocycles. The van der Waals surface area contributed by atoms with Crippen LogP contribution < -0.4 is 0 Å². The summed E-state index contributed by atoms with van der Waals surface area (Å²) in [6.07, 6.45) is 2.80. The summed E-state index contributed by atoms with van der Waals surface area (Å²) in [4.78, 5) is 7.40. The molecule has 14 heavy (non-hydrogen) atoms. The number of hydrogen-bond donors (Lipinski definition) is 0. The standard InChI is InChI=1S/C8H12N2O3S/c1-7(6-13-2)14(11,12)8-9-4-3-5-10-8/h3-5,7H,6H2,1-2H3/t7-/m1/s1. The number of hydrogen-bond acceptors (Lipinski definition) is 5. The van der Waals surface area contributed by atoms with E-state index in [1.54, 1.807) is 13.0 Å². The SMILES string of the molecule is COC[C@@H](C)S(=O)(=O)c1ncccn1. The van der Waals surface area contributed by atoms with Gasteiger partial charge in [-0.2, -0.15) is 0 Å². The van der Waals surface area contributed by atoms with E-state index >= 15 is 0 Å². The molecule has 0 saturated carbocycles. The van der Waals surface area contributed by atoms with Crippen LogP contribution in [0.25, 0.3) is 0 Å². The minimum atomic E-state index is -3.45. The third kappa shape index (κ3) is 2.27. The van der Waals surface area contributed by atoms with Crippen LogP contribution in [0.5, 0.6) is 0 Å². The molecule has 0 spiro atoms. The van der Waals surface area contributed by atoms with Gasteiger partial charge in [-0.15, -0.1) is 0 Å². The highest BCUT2D eigenvalue weighted by Gasteiger charge is 2.25. The molecular weight excluding hydrogens is 204 g/mol. The van der Waals surface area contributed by atoms with Crippen LogP contribution >= 0.6 is 0 Å². The summed E-state index contributed by atoms with van der Waals surface area (Å²) < 4.78 is 28.2. The lowest BCUT2D eigenvalue weighted by Crippen LogP contribution is -2.24. The largest absolute Gasteiger partial charge is 0.383 e. The van der Waals surface area contributed by atoms with Gasteiger partial charge in [0.25, 0.3) is 0 Å². The molecule has 0 aliphatic carbocycles. The Morgan fingerprint density at radius 1 is 1.43 bits per heavy atom. The van der Waals surface area contributed by atoms with Gasteiger partial charge in [-0.05, 0) is 13.0 Å². The topological polar surface area (TPSA) is 69.2 Å². The summed E-state index contributed by atoms with van der Waals surface area (Å²) in [5.74, 6) is 0. The molecular formula is C8H12N2O3S. The van der Waals surface area contributed by atoms with Crippen LogP contribution in [0.15, 0.2) is 23.6 Å². The Balaban J connectivity index is 2.97. The first-order chi connectivity index (χ1) is 6.59. The number of ether oxygens (including phenoxy) is 1. The van der Waals surface area contributed by atoms with Crippen molar-refractivity contribution in [2.75, 3.05) is 13.7 Å². The molecule has 0 aromatic carbocycles. The number of sulfone groups is 1. The van der Waals surface area contributed by atoms with E-state index in [9.17, 15) is 8.42 Å². The predicted molar refractivity (Wildman–Crippen MR) is 50.6 cm³/mol. The fraction of sp³-hybridized carbons (Fsp3) is 0.500. The minimum absolute atomic E-state index is 0.139. The summed E-state index contributed by atoms with van der Waals surface area (Å²) in [7, 11) is -1.99. The Bertz CT molecular complexity index is 377. The summed E-state index contributed by atoms with van der Waals surface area (Å²) >= 11 is 0. The molecule has 1 heterocycles. The maximum Gasteiger partial charge on any atom is 0.247 e. The highest BCUT2D eigenvalue weighted by atomic mass is 32.2. The number of nitrogens with zero attached hydrogens (tertiary/aromatic N) is 2. The van der Waals surface area contributed by atoms with E-state index in [0.717, 1.165) is 0 Å². The second kappa shape index (κ2) is 4.47. The lowest BCUT2D eigenvalue weighted by atomic mass is 10.5. The highest BCUT2D eigenvalue weighted by Crippen LogP contribution is 2.10. The predicted octanol–water partition coefficient (Wildman–Crippen LogP) is 0.285. The van der Waals surface area contributed by atoms with Crippen molar-refractivity contribution in [3.8, 4) is 0 Å². The van der Waals surface area contributed by atoms with Crippen LogP contribution in [0.1, 0.15) is 6.92 Å². The zero-order valence-electron chi connectivity index (χ0n) is 8.04. The van der Waals surface area contributed by atoms with Crippen molar-refractivity contribution >= 4 is 9.84 Å².